The van der Waals surface area contributed by atoms with Gasteiger partial charge in [0.15, 0.2) is 0 Å². The number of nitrogens with one attached hydrogen (secondary N) is 1. The number of rotatable bonds is 6. The third-order valence-electron chi connectivity index (χ3n) is 6.53. The number of aromatic nitrogens is 2. The van der Waals surface area contributed by atoms with Crippen molar-refractivity contribution in [1.29, 1.82) is 0 Å². The van der Waals surface area contributed by atoms with Crippen LogP contribution < -0.4 is 10.2 Å². The fourth-order valence-electron chi connectivity index (χ4n) is 4.52. The minimum absolute atomic E-state index is 0.0440. The van der Waals surface area contributed by atoms with E-state index in [1.54, 1.807) is 28.0 Å². The monoisotopic (exact) mass is 548 g/mol. The fourth-order valence-corrected chi connectivity index (χ4v) is 6.82. The number of carbonyl (C=O) groups excluding carboxylic acids is 2. The molecule has 6 nitrogen and oxygen atoms in total. The van der Waals surface area contributed by atoms with E-state index >= 15 is 0 Å². The van der Waals surface area contributed by atoms with Crippen LogP contribution in [0, 0.1) is 6.92 Å². The smallest absolute Gasteiger partial charge is 0.240 e. The number of halogens is 1. The maximum Gasteiger partial charge on any atom is 0.240 e. The molecule has 1 atom stereocenters. The van der Waals surface area contributed by atoms with E-state index in [4.69, 9.17) is 16.7 Å². The van der Waals surface area contributed by atoms with E-state index < -0.39 is 0 Å². The number of aryl methyl sites for hydroxylation is 1. The molecular formula is C28H25ClN4O2S2. The summed E-state index contributed by atoms with van der Waals surface area (Å²) in [6.07, 6.45) is 1.98. The quantitative estimate of drug-likeness (QED) is 0.320. The van der Waals surface area contributed by atoms with Crippen LogP contribution >= 0.6 is 34.7 Å². The molecule has 0 spiro atoms. The molecule has 0 bridgehead atoms. The van der Waals surface area contributed by atoms with Gasteiger partial charge in [0.25, 0.3) is 0 Å². The van der Waals surface area contributed by atoms with E-state index in [1.165, 1.54) is 0 Å². The Morgan fingerprint density at radius 3 is 2.54 bits per heavy atom. The van der Waals surface area contributed by atoms with Crippen LogP contribution in [0.25, 0.3) is 16.9 Å². The Labute approximate surface area is 228 Å². The molecule has 2 aliphatic rings. The molecule has 0 saturated heterocycles. The van der Waals surface area contributed by atoms with Crippen molar-refractivity contribution in [2.75, 3.05) is 17.2 Å². The van der Waals surface area contributed by atoms with Crippen LogP contribution in [-0.2, 0) is 9.59 Å². The van der Waals surface area contributed by atoms with E-state index in [1.807, 2.05) is 66.2 Å². The Morgan fingerprint density at radius 2 is 1.86 bits per heavy atom. The Morgan fingerprint density at radius 1 is 1.11 bits per heavy atom. The molecule has 0 unspecified atom stereocenters. The lowest BCUT2D eigenvalue weighted by molar-refractivity contribution is -0.123. The largest absolute Gasteiger partial charge is 0.352 e. The molecule has 2 aromatic carbocycles. The number of benzene rings is 2. The lowest BCUT2D eigenvalue weighted by Crippen LogP contribution is -2.43. The Hall–Kier alpha value is -3.07. The van der Waals surface area contributed by atoms with E-state index in [9.17, 15) is 9.59 Å². The van der Waals surface area contributed by atoms with Gasteiger partial charge in [-0.2, -0.15) is 5.10 Å². The first kappa shape index (κ1) is 24.3. The van der Waals surface area contributed by atoms with Crippen LogP contribution in [0.1, 0.15) is 34.1 Å². The van der Waals surface area contributed by atoms with Crippen LogP contribution in [-0.4, -0.2) is 39.9 Å². The number of hydrogen-bond donors (Lipinski definition) is 1. The highest BCUT2D eigenvalue weighted by Gasteiger charge is 2.38. The fraction of sp³-hybridized carbons (Fsp3) is 0.250. The number of anilines is 1. The predicted molar refractivity (Wildman–Crippen MR) is 151 cm³/mol. The minimum atomic E-state index is -0.147. The SMILES string of the molecule is Cc1ccc(-n2nc(-c3ccc(Cl)cc3)c3c2N(CC(=O)NC2CC2)C(=O)CS[C@H]3c2cccs2)cc1. The van der Waals surface area contributed by atoms with Crippen molar-refractivity contribution in [2.45, 2.75) is 31.1 Å². The summed E-state index contributed by atoms with van der Waals surface area (Å²) >= 11 is 9.46. The van der Waals surface area contributed by atoms with E-state index in [-0.39, 0.29) is 35.4 Å². The second-order valence-corrected chi connectivity index (χ2v) is 11.9. The highest BCUT2D eigenvalue weighted by molar-refractivity contribution is 8.00. The van der Waals surface area contributed by atoms with Gasteiger partial charge >= 0.3 is 0 Å². The molecule has 188 valence electrons. The number of fused-ring (bicyclic) bond motifs is 1. The van der Waals surface area contributed by atoms with Crippen LogP contribution in [0.15, 0.2) is 66.0 Å². The van der Waals surface area contributed by atoms with Crippen molar-refractivity contribution < 1.29 is 9.59 Å². The molecule has 9 heteroatoms. The van der Waals surface area contributed by atoms with Gasteiger partial charge in [0.05, 0.1) is 22.4 Å². The molecule has 37 heavy (non-hydrogen) atoms. The van der Waals surface area contributed by atoms with Crippen molar-refractivity contribution in [3.05, 3.63) is 87.1 Å². The van der Waals surface area contributed by atoms with E-state index in [0.29, 0.717) is 10.8 Å². The minimum Gasteiger partial charge on any atom is -0.352 e. The van der Waals surface area contributed by atoms with Crippen molar-refractivity contribution in [2.24, 2.45) is 0 Å². The number of amides is 2. The summed E-state index contributed by atoms with van der Waals surface area (Å²) in [5.74, 6) is 0.661. The number of nitrogens with zero attached hydrogens (tertiary/aromatic N) is 3. The van der Waals surface area contributed by atoms with Gasteiger partial charge in [-0.1, -0.05) is 47.5 Å². The molecule has 1 aliphatic carbocycles. The lowest BCUT2D eigenvalue weighted by atomic mass is 10.0. The molecule has 1 saturated carbocycles. The highest BCUT2D eigenvalue weighted by atomic mass is 35.5. The predicted octanol–water partition coefficient (Wildman–Crippen LogP) is 6.01. The van der Waals surface area contributed by atoms with Crippen LogP contribution in [0.5, 0.6) is 0 Å². The van der Waals surface area contributed by atoms with Gasteiger partial charge in [-0.15, -0.1) is 23.1 Å². The zero-order chi connectivity index (χ0) is 25.5. The van der Waals surface area contributed by atoms with Crippen LogP contribution in [0.4, 0.5) is 5.82 Å². The Balaban J connectivity index is 1.59. The molecule has 4 aromatic rings. The first-order valence-electron chi connectivity index (χ1n) is 12.2. The normalized spacial score (nSPS) is 17.4. The average Bonchev–Trinajstić information content (AvgIpc) is 3.41. The van der Waals surface area contributed by atoms with Gasteiger partial charge in [-0.3, -0.25) is 14.5 Å². The van der Waals surface area contributed by atoms with Gasteiger partial charge in [-0.05, 0) is 55.5 Å². The molecule has 3 heterocycles. The zero-order valence-electron chi connectivity index (χ0n) is 20.2. The summed E-state index contributed by atoms with van der Waals surface area (Å²) < 4.78 is 1.83. The Bertz CT molecular complexity index is 1440. The van der Waals surface area contributed by atoms with Crippen molar-refractivity contribution in [1.82, 2.24) is 15.1 Å². The second kappa shape index (κ2) is 10.0. The van der Waals surface area contributed by atoms with Gasteiger partial charge in [0.2, 0.25) is 11.8 Å². The molecular weight excluding hydrogens is 524 g/mol. The first-order valence-corrected chi connectivity index (χ1v) is 14.5. The van der Waals surface area contributed by atoms with Crippen LogP contribution in [0.2, 0.25) is 5.02 Å². The van der Waals surface area contributed by atoms with E-state index in [2.05, 4.69) is 16.8 Å². The topological polar surface area (TPSA) is 67.2 Å². The van der Waals surface area contributed by atoms with Gasteiger partial charge < -0.3 is 5.32 Å². The summed E-state index contributed by atoms with van der Waals surface area (Å²) in [6.45, 7) is 1.99. The third kappa shape index (κ3) is 4.93. The molecule has 1 aliphatic heterocycles. The Kier molecular flexibility index (Phi) is 6.56. The molecule has 1 N–H and O–H groups in total. The van der Waals surface area contributed by atoms with Gasteiger partial charge in [0.1, 0.15) is 12.4 Å². The van der Waals surface area contributed by atoms with E-state index in [0.717, 1.165) is 45.8 Å². The van der Waals surface area contributed by atoms with Crippen molar-refractivity contribution in [3.8, 4) is 16.9 Å². The molecule has 0 radical (unpaired) electrons. The van der Waals surface area contributed by atoms with Crippen molar-refractivity contribution >= 4 is 52.3 Å². The number of hydrogen-bond acceptors (Lipinski definition) is 5. The highest BCUT2D eigenvalue weighted by Crippen LogP contribution is 2.49. The lowest BCUT2D eigenvalue weighted by Gasteiger charge is -2.23. The molecule has 6 rings (SSSR count). The second-order valence-electron chi connectivity index (χ2n) is 9.37. The summed E-state index contributed by atoms with van der Waals surface area (Å²) in [6, 6.07) is 20.0. The van der Waals surface area contributed by atoms with Gasteiger partial charge in [0, 0.05) is 27.1 Å². The summed E-state index contributed by atoms with van der Waals surface area (Å²) in [5.41, 5.74) is 4.58. The summed E-state index contributed by atoms with van der Waals surface area (Å²) in [5, 5.41) is 10.7. The number of carbonyl (C=O) groups is 2. The molecule has 2 amide bonds. The maximum absolute atomic E-state index is 13.6. The van der Waals surface area contributed by atoms with Crippen molar-refractivity contribution in [3.63, 3.8) is 0 Å². The third-order valence-corrected chi connectivity index (χ3v) is 9.11. The number of thioether (sulfide) groups is 1. The standard InChI is InChI=1S/C28H25ClN4O2S2/c1-17-4-12-21(13-5-17)33-28-25(26(31-33)18-6-8-19(29)9-7-18)27(22-3-2-14-36-22)37-16-24(35)32(28)15-23(34)30-20-10-11-20/h2-9,12-14,20,27H,10-11,15-16H2,1H3,(H,30,34)/t27-/m0/s1. The first-order chi connectivity index (χ1) is 18.0. The van der Waals surface area contributed by atoms with Gasteiger partial charge in [-0.25, -0.2) is 4.68 Å². The summed E-state index contributed by atoms with van der Waals surface area (Å²) in [7, 11) is 0. The maximum atomic E-state index is 13.6. The van der Waals surface area contributed by atoms with Crippen LogP contribution in [0.3, 0.4) is 0 Å². The zero-order valence-corrected chi connectivity index (χ0v) is 22.6. The summed E-state index contributed by atoms with van der Waals surface area (Å²) in [4.78, 5) is 29.4. The average molecular weight is 549 g/mol. The molecule has 2 aromatic heterocycles. The molecule has 1 fully saturated rings. The number of thiophene rings is 1.